The Labute approximate surface area is 181 Å². The van der Waals surface area contributed by atoms with Crippen molar-refractivity contribution in [1.29, 1.82) is 0 Å². The molecule has 2 aromatic carbocycles. The maximum atomic E-state index is 13.6. The fourth-order valence-corrected chi connectivity index (χ4v) is 3.72. The van der Waals surface area contributed by atoms with E-state index in [1.54, 1.807) is 21.5 Å². The van der Waals surface area contributed by atoms with Crippen molar-refractivity contribution in [1.82, 2.24) is 29.6 Å². The molecule has 32 heavy (non-hydrogen) atoms. The molecule has 1 aliphatic carbocycles. The summed E-state index contributed by atoms with van der Waals surface area (Å²) in [5.74, 6) is 0.343. The highest BCUT2D eigenvalue weighted by molar-refractivity contribution is 5.93. The van der Waals surface area contributed by atoms with Crippen molar-refractivity contribution in [2.75, 3.05) is 5.32 Å². The van der Waals surface area contributed by atoms with Gasteiger partial charge >= 0.3 is 0 Å². The zero-order chi connectivity index (χ0) is 21.7. The molecule has 0 atom stereocenters. The van der Waals surface area contributed by atoms with Crippen LogP contribution in [0.3, 0.4) is 0 Å². The molecule has 1 aliphatic rings. The molecule has 8 nitrogen and oxygen atoms in total. The highest BCUT2D eigenvalue weighted by Gasteiger charge is 2.30. The van der Waals surface area contributed by atoms with Crippen LogP contribution in [0.25, 0.3) is 27.8 Å². The van der Waals surface area contributed by atoms with Gasteiger partial charge in [-0.1, -0.05) is 23.4 Å². The molecule has 0 bridgehead atoms. The van der Waals surface area contributed by atoms with E-state index >= 15 is 0 Å². The lowest BCUT2D eigenvalue weighted by Gasteiger charge is -2.05. The lowest BCUT2D eigenvalue weighted by atomic mass is 10.1. The number of amides is 1. The summed E-state index contributed by atoms with van der Waals surface area (Å²) in [7, 11) is 0. The third-order valence-corrected chi connectivity index (χ3v) is 5.56. The van der Waals surface area contributed by atoms with Gasteiger partial charge in [-0.2, -0.15) is 5.10 Å². The molecule has 0 spiro atoms. The number of nitrogens with zero attached hydrogens (tertiary/aromatic N) is 6. The summed E-state index contributed by atoms with van der Waals surface area (Å²) in [6.07, 6.45) is 3.59. The number of carbonyl (C=O) groups is 1. The average molecular weight is 427 g/mol. The Hall–Kier alpha value is -4.14. The van der Waals surface area contributed by atoms with E-state index in [-0.39, 0.29) is 17.6 Å². The maximum absolute atomic E-state index is 13.6. The van der Waals surface area contributed by atoms with Gasteiger partial charge < -0.3 is 5.32 Å². The van der Waals surface area contributed by atoms with Crippen LogP contribution in [0, 0.1) is 11.7 Å². The van der Waals surface area contributed by atoms with Crippen molar-refractivity contribution >= 4 is 28.4 Å². The lowest BCUT2D eigenvalue weighted by molar-refractivity contribution is -0.117. The number of nitrogens with one attached hydrogen (secondary N) is 1. The van der Waals surface area contributed by atoms with Crippen LogP contribution in [0.15, 0.2) is 60.8 Å². The molecule has 9 heteroatoms. The van der Waals surface area contributed by atoms with E-state index < -0.39 is 0 Å². The Morgan fingerprint density at radius 3 is 2.81 bits per heavy atom. The Kier molecular flexibility index (Phi) is 4.20. The highest BCUT2D eigenvalue weighted by Crippen LogP contribution is 2.30. The second kappa shape index (κ2) is 7.23. The van der Waals surface area contributed by atoms with Gasteiger partial charge in [-0.05, 0) is 60.4 Å². The Morgan fingerprint density at radius 2 is 1.97 bits per heavy atom. The van der Waals surface area contributed by atoms with Crippen LogP contribution >= 0.6 is 0 Å². The molecular formula is C23H18FN7O. The average Bonchev–Trinajstić information content (AvgIpc) is 3.47. The van der Waals surface area contributed by atoms with Gasteiger partial charge in [0.05, 0.1) is 24.0 Å². The van der Waals surface area contributed by atoms with Gasteiger partial charge in [-0.25, -0.2) is 18.6 Å². The first kappa shape index (κ1) is 18.6. The van der Waals surface area contributed by atoms with E-state index in [0.29, 0.717) is 18.0 Å². The molecule has 0 aliphatic heterocycles. The fourth-order valence-electron chi connectivity index (χ4n) is 3.72. The van der Waals surface area contributed by atoms with E-state index in [1.807, 2.05) is 36.4 Å². The standard InChI is InChI=1S/C23H18FN7O/c24-17-3-1-2-15(10-17)16-6-8-19-20(11-16)30(29-27-19)12-18-7-9-22-25-21(13-31(22)28-18)26-23(32)14-4-5-14/h1-3,6-11,13-14H,4-5,12H2,(H,26,32). The summed E-state index contributed by atoms with van der Waals surface area (Å²) in [5.41, 5.74) is 4.67. The number of carbonyl (C=O) groups excluding carboxylic acids is 1. The first-order valence-electron chi connectivity index (χ1n) is 10.4. The number of halogens is 1. The van der Waals surface area contributed by atoms with E-state index in [4.69, 9.17) is 0 Å². The molecule has 1 N–H and O–H groups in total. The minimum atomic E-state index is -0.278. The van der Waals surface area contributed by atoms with Crippen LogP contribution in [0.5, 0.6) is 0 Å². The quantitative estimate of drug-likeness (QED) is 0.462. The predicted octanol–water partition coefficient (Wildman–Crippen LogP) is 3.68. The molecule has 158 valence electrons. The summed E-state index contributed by atoms with van der Waals surface area (Å²) in [6.45, 7) is 0.404. The molecule has 1 saturated carbocycles. The van der Waals surface area contributed by atoms with Gasteiger partial charge in [0.25, 0.3) is 0 Å². The zero-order valence-corrected chi connectivity index (χ0v) is 16.9. The second-order valence-electron chi connectivity index (χ2n) is 7.98. The van der Waals surface area contributed by atoms with Crippen molar-refractivity contribution in [2.24, 2.45) is 5.92 Å². The van der Waals surface area contributed by atoms with Gasteiger partial charge in [0.1, 0.15) is 11.3 Å². The summed E-state index contributed by atoms with van der Waals surface area (Å²) in [6, 6.07) is 15.9. The number of hydrogen-bond acceptors (Lipinski definition) is 5. The van der Waals surface area contributed by atoms with E-state index in [9.17, 15) is 9.18 Å². The van der Waals surface area contributed by atoms with E-state index in [2.05, 4.69) is 25.7 Å². The topological polar surface area (TPSA) is 90.0 Å². The first-order chi connectivity index (χ1) is 15.6. The summed E-state index contributed by atoms with van der Waals surface area (Å²) in [5, 5.41) is 15.9. The number of imidazole rings is 1. The molecule has 1 amide bonds. The summed E-state index contributed by atoms with van der Waals surface area (Å²) in [4.78, 5) is 16.4. The molecule has 3 heterocycles. The smallest absolute Gasteiger partial charge is 0.228 e. The molecule has 0 saturated heterocycles. The normalized spacial score (nSPS) is 13.7. The third kappa shape index (κ3) is 3.47. The second-order valence-corrected chi connectivity index (χ2v) is 7.98. The van der Waals surface area contributed by atoms with Crippen LogP contribution < -0.4 is 5.32 Å². The third-order valence-electron chi connectivity index (χ3n) is 5.56. The summed E-state index contributed by atoms with van der Waals surface area (Å²) >= 11 is 0. The van der Waals surface area contributed by atoms with Crippen molar-refractivity contribution in [3.8, 4) is 11.1 Å². The van der Waals surface area contributed by atoms with Gasteiger partial charge in [-0.15, -0.1) is 5.10 Å². The van der Waals surface area contributed by atoms with Crippen LogP contribution in [-0.2, 0) is 11.3 Å². The monoisotopic (exact) mass is 427 g/mol. The maximum Gasteiger partial charge on any atom is 0.228 e. The number of aromatic nitrogens is 6. The fraction of sp³-hybridized carbons (Fsp3) is 0.174. The number of rotatable bonds is 5. The van der Waals surface area contributed by atoms with Crippen LogP contribution in [0.2, 0.25) is 0 Å². The predicted molar refractivity (Wildman–Crippen MR) is 116 cm³/mol. The van der Waals surface area contributed by atoms with Crippen LogP contribution in [-0.4, -0.2) is 35.5 Å². The molecular weight excluding hydrogens is 409 g/mol. The Bertz CT molecular complexity index is 1480. The molecule has 6 rings (SSSR count). The summed E-state index contributed by atoms with van der Waals surface area (Å²) < 4.78 is 17.1. The van der Waals surface area contributed by atoms with Gasteiger partial charge in [0, 0.05) is 5.92 Å². The van der Waals surface area contributed by atoms with Crippen molar-refractivity contribution in [2.45, 2.75) is 19.4 Å². The highest BCUT2D eigenvalue weighted by atomic mass is 19.1. The number of anilines is 1. The molecule has 5 aromatic rings. The van der Waals surface area contributed by atoms with Crippen molar-refractivity contribution < 1.29 is 9.18 Å². The minimum absolute atomic E-state index is 0.0109. The van der Waals surface area contributed by atoms with Gasteiger partial charge in [-0.3, -0.25) is 4.79 Å². The minimum Gasteiger partial charge on any atom is -0.309 e. The van der Waals surface area contributed by atoms with Crippen molar-refractivity contribution in [3.63, 3.8) is 0 Å². The molecule has 3 aromatic heterocycles. The van der Waals surface area contributed by atoms with E-state index in [1.165, 1.54) is 12.1 Å². The van der Waals surface area contributed by atoms with Crippen LogP contribution in [0.1, 0.15) is 18.5 Å². The molecule has 1 fully saturated rings. The van der Waals surface area contributed by atoms with Gasteiger partial charge in [0.2, 0.25) is 5.91 Å². The molecule has 0 radical (unpaired) electrons. The Balaban J connectivity index is 1.29. The zero-order valence-electron chi connectivity index (χ0n) is 16.9. The SMILES string of the molecule is O=C(Nc1cn2nc(Cn3nnc4ccc(-c5cccc(F)c5)cc43)ccc2n1)C1CC1. The largest absolute Gasteiger partial charge is 0.309 e. The number of hydrogen-bond donors (Lipinski definition) is 1. The van der Waals surface area contributed by atoms with Gasteiger partial charge in [0.15, 0.2) is 11.5 Å². The number of fused-ring (bicyclic) bond motifs is 2. The van der Waals surface area contributed by atoms with Crippen LogP contribution in [0.4, 0.5) is 10.2 Å². The molecule has 0 unspecified atom stereocenters. The van der Waals surface area contributed by atoms with E-state index in [0.717, 1.165) is 40.7 Å². The van der Waals surface area contributed by atoms with Crippen molar-refractivity contribution in [3.05, 3.63) is 72.3 Å². The Morgan fingerprint density at radius 1 is 1.09 bits per heavy atom. The first-order valence-corrected chi connectivity index (χ1v) is 10.4. The number of benzene rings is 2. The lowest BCUT2D eigenvalue weighted by Crippen LogP contribution is -2.13.